The molecule has 19 heavy (non-hydrogen) atoms. The highest BCUT2D eigenvalue weighted by Gasteiger charge is 2.21. The highest BCUT2D eigenvalue weighted by molar-refractivity contribution is 7.89. The lowest BCUT2D eigenvalue weighted by molar-refractivity contribution is 0.581. The molecule has 8 heteroatoms. The van der Waals surface area contributed by atoms with Crippen LogP contribution in [-0.4, -0.2) is 13.4 Å². The van der Waals surface area contributed by atoms with Gasteiger partial charge < -0.3 is 0 Å². The molecule has 0 atom stereocenters. The Hall–Kier alpha value is -0.660. The average molecular weight is 337 g/mol. The molecule has 0 radical (unpaired) electrons. The van der Waals surface area contributed by atoms with Gasteiger partial charge in [0.25, 0.3) is 0 Å². The van der Waals surface area contributed by atoms with Crippen molar-refractivity contribution in [2.45, 2.75) is 18.4 Å². The molecule has 0 fully saturated rings. The van der Waals surface area contributed by atoms with Crippen molar-refractivity contribution in [3.05, 3.63) is 44.3 Å². The van der Waals surface area contributed by atoms with E-state index < -0.39 is 10.0 Å². The van der Waals surface area contributed by atoms with Crippen molar-refractivity contribution in [3.63, 3.8) is 0 Å². The van der Waals surface area contributed by atoms with Gasteiger partial charge in [-0.05, 0) is 19.1 Å². The molecule has 1 heterocycles. The van der Waals surface area contributed by atoms with Crippen LogP contribution in [-0.2, 0) is 16.6 Å². The monoisotopic (exact) mass is 336 g/mol. The summed E-state index contributed by atoms with van der Waals surface area (Å²) < 4.78 is 26.7. The summed E-state index contributed by atoms with van der Waals surface area (Å²) in [6.07, 6.45) is 0. The molecule has 0 amide bonds. The number of hydrogen-bond acceptors (Lipinski definition) is 4. The van der Waals surface area contributed by atoms with Crippen LogP contribution in [0, 0.1) is 6.92 Å². The van der Waals surface area contributed by atoms with Gasteiger partial charge in [0, 0.05) is 11.1 Å². The van der Waals surface area contributed by atoms with Crippen molar-refractivity contribution in [1.29, 1.82) is 0 Å². The van der Waals surface area contributed by atoms with Crippen LogP contribution < -0.4 is 4.72 Å². The van der Waals surface area contributed by atoms with Gasteiger partial charge in [-0.1, -0.05) is 29.3 Å². The quantitative estimate of drug-likeness (QED) is 0.932. The van der Waals surface area contributed by atoms with E-state index in [1.807, 2.05) is 12.3 Å². The van der Waals surface area contributed by atoms with Gasteiger partial charge in [0.05, 0.1) is 16.6 Å². The maximum absolute atomic E-state index is 12.2. The molecule has 1 aromatic carbocycles. The first kappa shape index (κ1) is 14.7. The zero-order chi connectivity index (χ0) is 14.0. The fourth-order valence-electron chi connectivity index (χ4n) is 1.45. The van der Waals surface area contributed by atoms with Crippen LogP contribution in [0.5, 0.6) is 0 Å². The van der Waals surface area contributed by atoms with Gasteiger partial charge in [-0.25, -0.2) is 18.1 Å². The SMILES string of the molecule is Cc1csc(CNS(=O)(=O)c2c(Cl)cccc2Cl)n1. The van der Waals surface area contributed by atoms with E-state index in [9.17, 15) is 8.42 Å². The third-order valence-corrected chi connectivity index (χ3v) is 5.59. The largest absolute Gasteiger partial charge is 0.245 e. The van der Waals surface area contributed by atoms with E-state index in [0.717, 1.165) is 5.69 Å². The van der Waals surface area contributed by atoms with Crippen molar-refractivity contribution < 1.29 is 8.42 Å². The molecule has 4 nitrogen and oxygen atoms in total. The van der Waals surface area contributed by atoms with Gasteiger partial charge >= 0.3 is 0 Å². The number of sulfonamides is 1. The predicted octanol–water partition coefficient (Wildman–Crippen LogP) is 3.24. The summed E-state index contributed by atoms with van der Waals surface area (Å²) in [5.41, 5.74) is 0.856. The van der Waals surface area contributed by atoms with Gasteiger partial charge in [-0.3, -0.25) is 0 Å². The normalized spacial score (nSPS) is 11.7. The van der Waals surface area contributed by atoms with Gasteiger partial charge in [0.2, 0.25) is 10.0 Å². The molecule has 102 valence electrons. The number of rotatable bonds is 4. The van der Waals surface area contributed by atoms with E-state index >= 15 is 0 Å². The lowest BCUT2D eigenvalue weighted by Crippen LogP contribution is -2.23. The molecule has 2 aromatic rings. The highest BCUT2D eigenvalue weighted by atomic mass is 35.5. The number of nitrogens with one attached hydrogen (secondary N) is 1. The van der Waals surface area contributed by atoms with Gasteiger partial charge in [-0.2, -0.15) is 0 Å². The maximum atomic E-state index is 12.2. The summed E-state index contributed by atoms with van der Waals surface area (Å²) in [5, 5.41) is 2.72. The zero-order valence-corrected chi connectivity index (χ0v) is 13.0. The minimum atomic E-state index is -3.76. The number of thiazole rings is 1. The third kappa shape index (κ3) is 3.46. The van der Waals surface area contributed by atoms with Crippen molar-refractivity contribution in [3.8, 4) is 0 Å². The van der Waals surface area contributed by atoms with Crippen molar-refractivity contribution in [2.24, 2.45) is 0 Å². The summed E-state index contributed by atoms with van der Waals surface area (Å²) in [6, 6.07) is 4.55. The number of benzene rings is 1. The molecule has 1 N–H and O–H groups in total. The Morgan fingerprint density at radius 3 is 2.47 bits per heavy atom. The average Bonchev–Trinajstić information content (AvgIpc) is 2.72. The van der Waals surface area contributed by atoms with E-state index in [4.69, 9.17) is 23.2 Å². The molecule has 0 saturated heterocycles. The standard InChI is InChI=1S/C11H10Cl2N2O2S2/c1-7-6-18-10(15-7)5-14-19(16,17)11-8(12)3-2-4-9(11)13/h2-4,6,14H,5H2,1H3. The molecule has 2 rings (SSSR count). The minimum Gasteiger partial charge on any atom is -0.245 e. The fourth-order valence-corrected chi connectivity index (χ4v) is 4.38. The van der Waals surface area contributed by atoms with Crippen LogP contribution in [0.15, 0.2) is 28.5 Å². The zero-order valence-electron chi connectivity index (χ0n) is 9.85. The summed E-state index contributed by atoms with van der Waals surface area (Å²) in [4.78, 5) is 4.07. The van der Waals surface area contributed by atoms with Crippen LogP contribution in [0.2, 0.25) is 10.0 Å². The molecule has 0 aliphatic carbocycles. The predicted molar refractivity (Wildman–Crippen MR) is 77.3 cm³/mol. The van der Waals surface area contributed by atoms with E-state index in [2.05, 4.69) is 9.71 Å². The summed E-state index contributed by atoms with van der Waals surface area (Å²) in [5.74, 6) is 0. The second kappa shape index (κ2) is 5.76. The van der Waals surface area contributed by atoms with Crippen LogP contribution in [0.1, 0.15) is 10.7 Å². The lowest BCUT2D eigenvalue weighted by atomic mass is 10.4. The molecule has 0 unspecified atom stereocenters. The van der Waals surface area contributed by atoms with Gasteiger partial charge in [0.15, 0.2) is 0 Å². The Morgan fingerprint density at radius 2 is 1.95 bits per heavy atom. The number of aryl methyl sites for hydroxylation is 1. The first-order chi connectivity index (χ1) is 8.90. The molecular weight excluding hydrogens is 327 g/mol. The van der Waals surface area contributed by atoms with E-state index in [1.165, 1.54) is 23.5 Å². The Kier molecular flexibility index (Phi) is 4.47. The Balaban J connectivity index is 2.23. The molecule has 0 aliphatic rings. The fraction of sp³-hybridized carbons (Fsp3) is 0.182. The van der Waals surface area contributed by atoms with Crippen LogP contribution >= 0.6 is 34.5 Å². The number of aromatic nitrogens is 1. The Morgan fingerprint density at radius 1 is 1.32 bits per heavy atom. The van der Waals surface area contributed by atoms with Crippen molar-refractivity contribution in [2.75, 3.05) is 0 Å². The summed E-state index contributed by atoms with van der Waals surface area (Å²) in [6.45, 7) is 1.96. The lowest BCUT2D eigenvalue weighted by Gasteiger charge is -2.08. The second-order valence-corrected chi connectivity index (χ2v) is 7.22. The van der Waals surface area contributed by atoms with Crippen molar-refractivity contribution in [1.82, 2.24) is 9.71 Å². The summed E-state index contributed by atoms with van der Waals surface area (Å²) >= 11 is 13.2. The third-order valence-electron chi connectivity index (χ3n) is 2.27. The number of hydrogen-bond donors (Lipinski definition) is 1. The van der Waals surface area contributed by atoms with E-state index in [1.54, 1.807) is 6.07 Å². The molecule has 0 spiro atoms. The van der Waals surface area contributed by atoms with Crippen LogP contribution in [0.3, 0.4) is 0 Å². The van der Waals surface area contributed by atoms with E-state index in [-0.39, 0.29) is 21.5 Å². The summed E-state index contributed by atoms with van der Waals surface area (Å²) in [7, 11) is -3.76. The first-order valence-corrected chi connectivity index (χ1v) is 8.37. The Bertz CT molecular complexity index is 678. The number of nitrogens with zero attached hydrogens (tertiary/aromatic N) is 1. The molecular formula is C11H10Cl2N2O2S2. The molecule has 0 aliphatic heterocycles. The smallest absolute Gasteiger partial charge is 0.243 e. The highest BCUT2D eigenvalue weighted by Crippen LogP contribution is 2.28. The minimum absolute atomic E-state index is 0.0929. The van der Waals surface area contributed by atoms with Gasteiger partial charge in [0.1, 0.15) is 9.90 Å². The second-order valence-electron chi connectivity index (χ2n) is 3.76. The first-order valence-electron chi connectivity index (χ1n) is 5.25. The maximum Gasteiger partial charge on any atom is 0.243 e. The number of halogens is 2. The van der Waals surface area contributed by atoms with Crippen LogP contribution in [0.4, 0.5) is 0 Å². The van der Waals surface area contributed by atoms with Crippen LogP contribution in [0.25, 0.3) is 0 Å². The van der Waals surface area contributed by atoms with Crippen molar-refractivity contribution >= 4 is 44.6 Å². The molecule has 0 bridgehead atoms. The van der Waals surface area contributed by atoms with Gasteiger partial charge in [-0.15, -0.1) is 11.3 Å². The molecule has 0 saturated carbocycles. The van der Waals surface area contributed by atoms with E-state index in [0.29, 0.717) is 5.01 Å². The topological polar surface area (TPSA) is 59.1 Å². The Labute approximate surface area is 125 Å². The molecule has 1 aromatic heterocycles.